The van der Waals surface area contributed by atoms with Crippen molar-refractivity contribution in [1.82, 2.24) is 4.90 Å². The fourth-order valence-corrected chi connectivity index (χ4v) is 3.53. The van der Waals surface area contributed by atoms with Crippen molar-refractivity contribution < 1.29 is 9.94 Å². The van der Waals surface area contributed by atoms with E-state index in [0.29, 0.717) is 13.2 Å². The van der Waals surface area contributed by atoms with Gasteiger partial charge in [0.15, 0.2) is 5.84 Å². The fourth-order valence-electron chi connectivity index (χ4n) is 3.26. The van der Waals surface area contributed by atoms with Gasteiger partial charge >= 0.3 is 0 Å². The summed E-state index contributed by atoms with van der Waals surface area (Å²) in [5, 5.41) is 12.9. The third kappa shape index (κ3) is 2.94. The first-order valence-electron chi connectivity index (χ1n) is 7.34. The Balaban J connectivity index is 1.85. The van der Waals surface area contributed by atoms with Crippen LogP contribution in [-0.2, 0) is 13.0 Å². The van der Waals surface area contributed by atoms with Gasteiger partial charge in [-0.25, -0.2) is 0 Å². The number of hydrogen-bond acceptors (Lipinski definition) is 4. The molecule has 1 unspecified atom stereocenters. The van der Waals surface area contributed by atoms with Gasteiger partial charge in [-0.2, -0.15) is 0 Å². The van der Waals surface area contributed by atoms with Gasteiger partial charge in [0.25, 0.3) is 0 Å². The molecule has 1 aromatic rings. The number of hydrogen-bond donors (Lipinski definition) is 2. The maximum Gasteiger partial charge on any atom is 0.156 e. The number of halogens is 1. The second-order valence-corrected chi connectivity index (χ2v) is 6.09. The Morgan fingerprint density at radius 1 is 1.48 bits per heavy atom. The van der Waals surface area contributed by atoms with Crippen LogP contribution in [0.25, 0.3) is 0 Å². The number of nitrogens with two attached hydrogens (primary N) is 1. The highest BCUT2D eigenvalue weighted by atomic mass is 35.5. The first kappa shape index (κ1) is 14.5. The van der Waals surface area contributed by atoms with Crippen molar-refractivity contribution >= 4 is 17.4 Å². The Hall–Kier alpha value is -1.46. The Kier molecular flexibility index (Phi) is 4.22. The van der Waals surface area contributed by atoms with Crippen LogP contribution in [0, 0.1) is 0 Å². The molecule has 2 aliphatic rings. The summed E-state index contributed by atoms with van der Waals surface area (Å²) in [6.07, 6.45) is 4.05. The normalized spacial score (nSPS) is 22.9. The van der Waals surface area contributed by atoms with E-state index in [1.54, 1.807) is 0 Å². The molecule has 0 aromatic heterocycles. The Morgan fingerprint density at radius 3 is 3.14 bits per heavy atom. The maximum atomic E-state index is 8.96. The third-order valence-electron chi connectivity index (χ3n) is 4.27. The van der Waals surface area contributed by atoms with Gasteiger partial charge in [-0.3, -0.25) is 4.90 Å². The number of oxime groups is 1. The summed E-state index contributed by atoms with van der Waals surface area (Å²) in [6.45, 7) is 2.36. The molecule has 0 bridgehead atoms. The maximum absolute atomic E-state index is 8.96. The van der Waals surface area contributed by atoms with Crippen LogP contribution in [0.4, 0.5) is 0 Å². The van der Waals surface area contributed by atoms with E-state index in [1.165, 1.54) is 5.56 Å². The van der Waals surface area contributed by atoms with Gasteiger partial charge in [0.2, 0.25) is 0 Å². The summed E-state index contributed by atoms with van der Waals surface area (Å²) in [4.78, 5) is 2.24. The quantitative estimate of drug-likeness (QED) is 0.389. The molecule has 0 saturated carbocycles. The predicted molar refractivity (Wildman–Crippen MR) is 82.1 cm³/mol. The topological polar surface area (TPSA) is 71.1 Å². The smallest absolute Gasteiger partial charge is 0.156 e. The Labute approximate surface area is 129 Å². The molecular formula is C15H20ClN3O2. The van der Waals surface area contributed by atoms with E-state index in [2.05, 4.69) is 10.1 Å². The molecule has 114 valence electrons. The van der Waals surface area contributed by atoms with Crippen LogP contribution >= 0.6 is 11.6 Å². The van der Waals surface area contributed by atoms with Crippen molar-refractivity contribution in [2.24, 2.45) is 10.9 Å². The summed E-state index contributed by atoms with van der Waals surface area (Å²) >= 11 is 6.21. The molecule has 3 N–H and O–H groups in total. The van der Waals surface area contributed by atoms with Crippen LogP contribution in [0.15, 0.2) is 17.3 Å². The molecule has 0 aliphatic carbocycles. The highest BCUT2D eigenvalue weighted by molar-refractivity contribution is 6.30. The Bertz CT molecular complexity index is 562. The van der Waals surface area contributed by atoms with Gasteiger partial charge in [0, 0.05) is 23.6 Å². The lowest BCUT2D eigenvalue weighted by Gasteiger charge is -2.35. The monoisotopic (exact) mass is 309 g/mol. The van der Waals surface area contributed by atoms with Crippen molar-refractivity contribution in [3.63, 3.8) is 0 Å². The average molecular weight is 310 g/mol. The lowest BCUT2D eigenvalue weighted by atomic mass is 9.99. The molecule has 1 saturated heterocycles. The highest BCUT2D eigenvalue weighted by Crippen LogP contribution is 2.34. The van der Waals surface area contributed by atoms with Crippen molar-refractivity contribution in [1.29, 1.82) is 0 Å². The molecular weight excluding hydrogens is 290 g/mol. The summed E-state index contributed by atoms with van der Waals surface area (Å²) in [5.41, 5.74) is 8.10. The molecule has 5 nitrogen and oxygen atoms in total. The predicted octanol–water partition coefficient (Wildman–Crippen LogP) is 2.38. The van der Waals surface area contributed by atoms with Gasteiger partial charge in [-0.15, -0.1) is 0 Å². The molecule has 0 spiro atoms. The van der Waals surface area contributed by atoms with Gasteiger partial charge in [0.05, 0.1) is 12.6 Å². The number of rotatable bonds is 3. The first-order chi connectivity index (χ1) is 10.2. The minimum Gasteiger partial charge on any atom is -0.493 e. The zero-order valence-electron chi connectivity index (χ0n) is 11.9. The summed E-state index contributed by atoms with van der Waals surface area (Å²) in [5.74, 6) is 1.25. The van der Waals surface area contributed by atoms with Crippen molar-refractivity contribution in [3.8, 4) is 5.75 Å². The molecule has 2 heterocycles. The minimum absolute atomic E-state index is 0.0141. The van der Waals surface area contributed by atoms with Crippen LogP contribution < -0.4 is 10.5 Å². The largest absolute Gasteiger partial charge is 0.493 e. The second kappa shape index (κ2) is 6.12. The van der Waals surface area contributed by atoms with Crippen molar-refractivity contribution in [3.05, 3.63) is 28.3 Å². The third-order valence-corrected chi connectivity index (χ3v) is 4.49. The molecule has 2 aliphatic heterocycles. The zero-order valence-corrected chi connectivity index (χ0v) is 12.6. The molecule has 21 heavy (non-hydrogen) atoms. The van der Waals surface area contributed by atoms with E-state index < -0.39 is 0 Å². The van der Waals surface area contributed by atoms with Gasteiger partial charge in [-0.05, 0) is 37.1 Å². The van der Waals surface area contributed by atoms with E-state index in [9.17, 15) is 0 Å². The van der Waals surface area contributed by atoms with E-state index in [1.807, 2.05) is 12.1 Å². The van der Waals surface area contributed by atoms with Gasteiger partial charge in [-0.1, -0.05) is 23.2 Å². The molecule has 1 aromatic carbocycles. The molecule has 3 rings (SSSR count). The second-order valence-electron chi connectivity index (χ2n) is 5.66. The number of benzene rings is 1. The summed E-state index contributed by atoms with van der Waals surface area (Å²) in [7, 11) is 0. The standard InChI is InChI=1S/C15H20ClN3O2/c16-12-7-10-4-6-21-14(10)11(8-12)9-19-5-2-1-3-13(19)15(17)18-20/h7-8,13,20H,1-6,9H2,(H2,17,18). The number of nitrogens with zero attached hydrogens (tertiary/aromatic N) is 2. The van der Waals surface area contributed by atoms with Crippen LogP contribution in [-0.4, -0.2) is 35.1 Å². The van der Waals surface area contributed by atoms with Crippen LogP contribution in [0.3, 0.4) is 0 Å². The van der Waals surface area contributed by atoms with E-state index >= 15 is 0 Å². The van der Waals surface area contributed by atoms with E-state index in [0.717, 1.165) is 48.6 Å². The summed E-state index contributed by atoms with van der Waals surface area (Å²) in [6, 6.07) is 3.92. The van der Waals surface area contributed by atoms with Crippen LogP contribution in [0.1, 0.15) is 30.4 Å². The molecule has 0 amide bonds. The molecule has 6 heteroatoms. The lowest BCUT2D eigenvalue weighted by Crippen LogP contribution is -2.47. The van der Waals surface area contributed by atoms with E-state index in [4.69, 9.17) is 27.3 Å². The van der Waals surface area contributed by atoms with Crippen molar-refractivity contribution in [2.75, 3.05) is 13.2 Å². The molecule has 0 radical (unpaired) electrons. The number of ether oxygens (including phenoxy) is 1. The fraction of sp³-hybridized carbons (Fsp3) is 0.533. The van der Waals surface area contributed by atoms with Crippen LogP contribution in [0.2, 0.25) is 5.02 Å². The number of likely N-dealkylation sites (tertiary alicyclic amines) is 1. The average Bonchev–Trinajstić information content (AvgIpc) is 2.95. The SMILES string of the molecule is N/C(=N/O)C1CCCCN1Cc1cc(Cl)cc2c1OCC2. The summed E-state index contributed by atoms with van der Waals surface area (Å²) < 4.78 is 5.75. The Morgan fingerprint density at radius 2 is 2.33 bits per heavy atom. The number of fused-ring (bicyclic) bond motifs is 1. The zero-order chi connectivity index (χ0) is 14.8. The first-order valence-corrected chi connectivity index (χ1v) is 7.72. The van der Waals surface area contributed by atoms with E-state index in [-0.39, 0.29) is 11.9 Å². The number of piperidine rings is 1. The molecule has 1 atom stereocenters. The lowest BCUT2D eigenvalue weighted by molar-refractivity contribution is 0.176. The highest BCUT2D eigenvalue weighted by Gasteiger charge is 2.28. The minimum atomic E-state index is -0.0141. The van der Waals surface area contributed by atoms with Crippen molar-refractivity contribution in [2.45, 2.75) is 38.3 Å². The van der Waals surface area contributed by atoms with Gasteiger partial charge in [0.1, 0.15) is 5.75 Å². The van der Waals surface area contributed by atoms with Crippen LogP contribution in [0.5, 0.6) is 5.75 Å². The van der Waals surface area contributed by atoms with Gasteiger partial charge < -0.3 is 15.7 Å². The molecule has 1 fully saturated rings. The number of amidine groups is 1.